The van der Waals surface area contributed by atoms with Crippen LogP contribution in [0.4, 0.5) is 0 Å². The Bertz CT molecular complexity index is 1150. The van der Waals surface area contributed by atoms with Gasteiger partial charge in [0.15, 0.2) is 17.2 Å². The molecule has 0 radical (unpaired) electrons. The van der Waals surface area contributed by atoms with Crippen molar-refractivity contribution in [1.82, 2.24) is 19.5 Å². The first-order chi connectivity index (χ1) is 14.2. The number of nitrogens with zero attached hydrogens (tertiary/aromatic N) is 5. The maximum Gasteiger partial charge on any atom is 0.236 e. The van der Waals surface area contributed by atoms with Crippen LogP contribution >= 0.6 is 0 Å². The van der Waals surface area contributed by atoms with Gasteiger partial charge in [0, 0.05) is 18.7 Å². The first-order valence-electron chi connectivity index (χ1n) is 9.90. The molecule has 3 aromatic rings. The number of carbonyl (C=O) groups excluding carboxylic acids is 1. The van der Waals surface area contributed by atoms with Gasteiger partial charge < -0.3 is 9.64 Å². The van der Waals surface area contributed by atoms with Crippen LogP contribution in [0.5, 0.6) is 5.75 Å². The average Bonchev–Trinajstić information content (AvgIpc) is 3.17. The molecule has 0 bridgehead atoms. The van der Waals surface area contributed by atoms with E-state index in [4.69, 9.17) is 14.8 Å². The molecule has 1 amide bonds. The van der Waals surface area contributed by atoms with Crippen molar-refractivity contribution < 1.29 is 9.53 Å². The van der Waals surface area contributed by atoms with E-state index >= 15 is 0 Å². The second kappa shape index (κ2) is 6.59. The minimum atomic E-state index is -0.604. The molecule has 7 heteroatoms. The van der Waals surface area contributed by atoms with Gasteiger partial charge in [-0.3, -0.25) is 4.79 Å². The number of ether oxygens (including phenoxy) is 1. The largest absolute Gasteiger partial charge is 0.493 e. The summed E-state index contributed by atoms with van der Waals surface area (Å²) in [5.74, 6) is 1.32. The Balaban J connectivity index is 1.64. The molecule has 1 saturated carbocycles. The lowest BCUT2D eigenvalue weighted by atomic mass is 10.1. The van der Waals surface area contributed by atoms with E-state index in [1.165, 1.54) is 0 Å². The Morgan fingerprint density at radius 3 is 2.69 bits per heavy atom. The van der Waals surface area contributed by atoms with Crippen LogP contribution in [-0.4, -0.2) is 45.6 Å². The predicted molar refractivity (Wildman–Crippen MR) is 106 cm³/mol. The van der Waals surface area contributed by atoms with Gasteiger partial charge in [0.2, 0.25) is 5.91 Å². The number of hydrogen-bond acceptors (Lipinski definition) is 5. The van der Waals surface area contributed by atoms with E-state index in [9.17, 15) is 10.1 Å². The maximum absolute atomic E-state index is 13.2. The fraction of sp³-hybridized carbons (Fsp3) is 0.364. The van der Waals surface area contributed by atoms with Crippen LogP contribution in [0.25, 0.3) is 16.9 Å². The summed E-state index contributed by atoms with van der Waals surface area (Å²) in [6, 6.07) is 13.3. The molecule has 5 rings (SSSR count). The number of rotatable bonds is 4. The number of amides is 1. The Morgan fingerprint density at radius 1 is 1.21 bits per heavy atom. The average molecular weight is 387 g/mol. The second-order valence-corrected chi connectivity index (χ2v) is 7.73. The van der Waals surface area contributed by atoms with Crippen molar-refractivity contribution in [2.24, 2.45) is 0 Å². The molecule has 2 aliphatic rings. The highest BCUT2D eigenvalue weighted by Crippen LogP contribution is 2.49. The third kappa shape index (κ3) is 2.75. The van der Waals surface area contributed by atoms with Crippen molar-refractivity contribution in [2.75, 3.05) is 20.2 Å². The minimum absolute atomic E-state index is 0.151. The highest BCUT2D eigenvalue weighted by molar-refractivity contribution is 5.90. The van der Waals surface area contributed by atoms with Crippen LogP contribution < -0.4 is 4.74 Å². The van der Waals surface area contributed by atoms with Crippen molar-refractivity contribution in [3.05, 3.63) is 47.8 Å². The molecular formula is C22H21N5O2. The molecule has 1 aromatic carbocycles. The zero-order chi connectivity index (χ0) is 20.0. The van der Waals surface area contributed by atoms with Gasteiger partial charge in [-0.1, -0.05) is 12.1 Å². The lowest BCUT2D eigenvalue weighted by Gasteiger charge is -2.20. The Hall–Kier alpha value is -3.40. The van der Waals surface area contributed by atoms with Gasteiger partial charge in [-0.2, -0.15) is 5.26 Å². The van der Waals surface area contributed by atoms with Crippen LogP contribution in [0.15, 0.2) is 36.4 Å². The number of nitriles is 1. The van der Waals surface area contributed by atoms with E-state index in [0.717, 1.165) is 50.0 Å². The molecule has 2 fully saturated rings. The molecule has 0 N–H and O–H groups in total. The zero-order valence-corrected chi connectivity index (χ0v) is 16.3. The fourth-order valence-electron chi connectivity index (χ4n) is 4.15. The van der Waals surface area contributed by atoms with E-state index in [0.29, 0.717) is 22.8 Å². The van der Waals surface area contributed by atoms with E-state index in [1.807, 2.05) is 35.2 Å². The summed E-state index contributed by atoms with van der Waals surface area (Å²) >= 11 is 0. The number of carbonyl (C=O) groups is 1. The molecule has 1 saturated heterocycles. The second-order valence-electron chi connectivity index (χ2n) is 7.73. The predicted octanol–water partition coefficient (Wildman–Crippen LogP) is 2.93. The smallest absolute Gasteiger partial charge is 0.236 e. The van der Waals surface area contributed by atoms with Crippen molar-refractivity contribution in [1.29, 1.82) is 5.26 Å². The van der Waals surface area contributed by atoms with E-state index in [-0.39, 0.29) is 5.91 Å². The SMILES string of the molecule is COc1ccc(-c2cccc(C#N)c2)n2nc(C3(C(=O)N4CCCC4)CC3)nc12. The molecule has 0 unspecified atom stereocenters. The van der Waals surface area contributed by atoms with Gasteiger partial charge in [0.25, 0.3) is 0 Å². The summed E-state index contributed by atoms with van der Waals surface area (Å²) in [7, 11) is 1.60. The Kier molecular flexibility index (Phi) is 4.02. The number of aromatic nitrogens is 3. The van der Waals surface area contributed by atoms with Gasteiger partial charge in [-0.05, 0) is 49.9 Å². The normalized spacial score (nSPS) is 17.3. The van der Waals surface area contributed by atoms with Crippen molar-refractivity contribution in [2.45, 2.75) is 31.1 Å². The molecule has 146 valence electrons. The summed E-state index contributed by atoms with van der Waals surface area (Å²) < 4.78 is 7.24. The number of methoxy groups -OCH3 is 1. The molecule has 3 heterocycles. The molecular weight excluding hydrogens is 366 g/mol. The Morgan fingerprint density at radius 2 is 2.00 bits per heavy atom. The number of pyridine rings is 1. The molecule has 29 heavy (non-hydrogen) atoms. The summed E-state index contributed by atoms with van der Waals surface area (Å²) in [6.07, 6.45) is 3.68. The van der Waals surface area contributed by atoms with Gasteiger partial charge in [0.05, 0.1) is 24.4 Å². The summed E-state index contributed by atoms with van der Waals surface area (Å²) in [4.78, 5) is 19.9. The zero-order valence-electron chi connectivity index (χ0n) is 16.3. The van der Waals surface area contributed by atoms with Crippen LogP contribution in [-0.2, 0) is 10.2 Å². The quantitative estimate of drug-likeness (QED) is 0.687. The number of fused-ring (bicyclic) bond motifs is 1. The van der Waals surface area contributed by atoms with Gasteiger partial charge >= 0.3 is 0 Å². The minimum Gasteiger partial charge on any atom is -0.493 e. The monoisotopic (exact) mass is 387 g/mol. The number of benzene rings is 1. The third-order valence-electron chi connectivity index (χ3n) is 5.94. The van der Waals surface area contributed by atoms with Crippen molar-refractivity contribution in [3.8, 4) is 23.1 Å². The lowest BCUT2D eigenvalue weighted by molar-refractivity contribution is -0.133. The molecule has 2 aromatic heterocycles. The highest BCUT2D eigenvalue weighted by atomic mass is 16.5. The van der Waals surface area contributed by atoms with Crippen molar-refractivity contribution >= 4 is 11.6 Å². The molecule has 7 nitrogen and oxygen atoms in total. The molecule has 0 spiro atoms. The molecule has 1 aliphatic carbocycles. The molecule has 1 aliphatic heterocycles. The van der Waals surface area contributed by atoms with E-state index in [1.54, 1.807) is 17.7 Å². The maximum atomic E-state index is 13.2. The molecule has 0 atom stereocenters. The summed E-state index contributed by atoms with van der Waals surface area (Å²) in [5.41, 5.74) is 2.23. The van der Waals surface area contributed by atoms with Gasteiger partial charge in [-0.15, -0.1) is 5.10 Å². The lowest BCUT2D eigenvalue weighted by Crippen LogP contribution is -2.37. The van der Waals surface area contributed by atoms with Gasteiger partial charge in [-0.25, -0.2) is 9.50 Å². The van der Waals surface area contributed by atoms with Crippen LogP contribution in [0.1, 0.15) is 37.1 Å². The topological polar surface area (TPSA) is 83.5 Å². The first-order valence-corrected chi connectivity index (χ1v) is 9.90. The van der Waals surface area contributed by atoms with Gasteiger partial charge in [0.1, 0.15) is 5.41 Å². The number of hydrogen-bond donors (Lipinski definition) is 0. The van der Waals surface area contributed by atoms with E-state index in [2.05, 4.69) is 6.07 Å². The van der Waals surface area contributed by atoms with Crippen LogP contribution in [0.2, 0.25) is 0 Å². The summed E-state index contributed by atoms with van der Waals surface area (Å²) in [6.45, 7) is 1.65. The summed E-state index contributed by atoms with van der Waals surface area (Å²) in [5, 5.41) is 14.0. The highest BCUT2D eigenvalue weighted by Gasteiger charge is 2.56. The van der Waals surface area contributed by atoms with E-state index < -0.39 is 5.41 Å². The first kappa shape index (κ1) is 17.7. The Labute approximate surface area is 168 Å². The number of likely N-dealkylation sites (tertiary alicyclic amines) is 1. The van der Waals surface area contributed by atoms with Crippen LogP contribution in [0.3, 0.4) is 0 Å². The van der Waals surface area contributed by atoms with Crippen molar-refractivity contribution in [3.63, 3.8) is 0 Å². The fourth-order valence-corrected chi connectivity index (χ4v) is 4.15. The third-order valence-corrected chi connectivity index (χ3v) is 5.94. The standard InChI is InChI=1S/C22H21N5O2/c1-29-18-8-7-17(16-6-4-5-15(13-16)14-23)27-19(18)24-20(25-27)22(9-10-22)21(28)26-11-2-3-12-26/h4-8,13H,2-3,9-12H2,1H3. The van der Waals surface area contributed by atoms with Crippen LogP contribution in [0, 0.1) is 11.3 Å².